The summed E-state index contributed by atoms with van der Waals surface area (Å²) in [4.78, 5) is 14.6. The molecule has 1 aliphatic heterocycles. The summed E-state index contributed by atoms with van der Waals surface area (Å²) >= 11 is 0. The number of rotatable bonds is 6. The van der Waals surface area contributed by atoms with Gasteiger partial charge in [0, 0.05) is 24.2 Å². The van der Waals surface area contributed by atoms with E-state index >= 15 is 0 Å². The second-order valence-electron chi connectivity index (χ2n) is 7.50. The van der Waals surface area contributed by atoms with Gasteiger partial charge in [-0.15, -0.1) is 0 Å². The molecule has 0 unspecified atom stereocenters. The lowest BCUT2D eigenvalue weighted by molar-refractivity contribution is -0.120. The summed E-state index contributed by atoms with van der Waals surface area (Å²) in [7, 11) is -2.05. The Morgan fingerprint density at radius 1 is 1.18 bits per heavy atom. The maximum atomic E-state index is 12.7. The molecular weight excluding hydrogens is 376 g/mol. The van der Waals surface area contributed by atoms with Crippen molar-refractivity contribution in [1.29, 1.82) is 0 Å². The number of carbonyl (C=O) groups is 1. The first-order chi connectivity index (χ1) is 13.4. The third-order valence-electron chi connectivity index (χ3n) is 5.37. The van der Waals surface area contributed by atoms with Gasteiger partial charge in [0.05, 0.1) is 12.0 Å². The molecule has 1 fully saturated rings. The van der Waals surface area contributed by atoms with Gasteiger partial charge >= 0.3 is 0 Å². The fourth-order valence-corrected chi connectivity index (χ4v) is 4.71. The molecule has 1 heterocycles. The third kappa shape index (κ3) is 3.64. The summed E-state index contributed by atoms with van der Waals surface area (Å²) in [6.45, 7) is 2.21. The van der Waals surface area contributed by atoms with Crippen LogP contribution >= 0.6 is 0 Å². The predicted octanol–water partition coefficient (Wildman–Crippen LogP) is 2.86. The summed E-state index contributed by atoms with van der Waals surface area (Å²) in [6, 6.07) is 12.4. The zero-order chi connectivity index (χ0) is 19.9. The van der Waals surface area contributed by atoms with Crippen LogP contribution in [0.15, 0.2) is 47.4 Å². The Labute approximate surface area is 165 Å². The minimum absolute atomic E-state index is 0.0633. The fourth-order valence-electron chi connectivity index (χ4n) is 3.64. The zero-order valence-corrected chi connectivity index (χ0v) is 16.8. The molecule has 0 bridgehead atoms. The van der Waals surface area contributed by atoms with Crippen molar-refractivity contribution >= 4 is 21.6 Å². The van der Waals surface area contributed by atoms with Gasteiger partial charge in [-0.3, -0.25) is 4.79 Å². The largest absolute Gasteiger partial charge is 0.497 e. The molecule has 0 aromatic heterocycles. The number of anilines is 1. The van der Waals surface area contributed by atoms with Gasteiger partial charge < -0.3 is 9.64 Å². The van der Waals surface area contributed by atoms with Crippen molar-refractivity contribution in [1.82, 2.24) is 4.72 Å². The van der Waals surface area contributed by atoms with E-state index in [1.54, 1.807) is 37.4 Å². The highest BCUT2D eigenvalue weighted by molar-refractivity contribution is 7.89. The van der Waals surface area contributed by atoms with Crippen molar-refractivity contribution in [3.8, 4) is 5.75 Å². The Hall–Kier alpha value is -2.38. The number of fused-ring (bicyclic) bond motifs is 1. The molecule has 2 aromatic carbocycles. The molecule has 6 nitrogen and oxygen atoms in total. The van der Waals surface area contributed by atoms with Crippen LogP contribution in [0.3, 0.4) is 0 Å². The summed E-state index contributed by atoms with van der Waals surface area (Å²) in [6.07, 6.45) is 2.59. The Kier molecular flexibility index (Phi) is 4.89. The minimum atomic E-state index is -3.64. The zero-order valence-electron chi connectivity index (χ0n) is 16.0. The summed E-state index contributed by atoms with van der Waals surface area (Å²) in [5.74, 6) is 1.03. The molecule has 0 saturated heterocycles. The number of sulfonamides is 1. The van der Waals surface area contributed by atoms with Gasteiger partial charge in [0.2, 0.25) is 15.9 Å². The first kappa shape index (κ1) is 19.0. The van der Waals surface area contributed by atoms with Crippen LogP contribution in [0.2, 0.25) is 0 Å². The molecule has 28 heavy (non-hydrogen) atoms. The number of benzene rings is 2. The second kappa shape index (κ2) is 7.22. The SMILES string of the molecule is COc1ccc(CNS(=O)(=O)c2ccc3c(c2)C[C@@H](C)N3C(=O)C2CC2)cc1. The average molecular weight is 401 g/mol. The highest BCUT2D eigenvalue weighted by Gasteiger charge is 2.39. The van der Waals surface area contributed by atoms with Crippen LogP contribution in [0.25, 0.3) is 0 Å². The molecule has 1 saturated carbocycles. The van der Waals surface area contributed by atoms with E-state index in [1.165, 1.54) is 0 Å². The molecule has 1 N–H and O–H groups in total. The standard InChI is InChI=1S/C21H24N2O4S/c1-14-11-17-12-19(9-10-20(17)23(14)21(24)16-5-6-16)28(25,26)22-13-15-3-7-18(27-2)8-4-15/h3-4,7-10,12,14,16,22H,5-6,11,13H2,1-2H3/t14-/m1/s1. The van der Waals surface area contributed by atoms with E-state index in [0.717, 1.165) is 35.4 Å². The van der Waals surface area contributed by atoms with Crippen LogP contribution in [0, 0.1) is 5.92 Å². The molecule has 1 atom stereocenters. The maximum Gasteiger partial charge on any atom is 0.240 e. The predicted molar refractivity (Wildman–Crippen MR) is 107 cm³/mol. The number of nitrogens with one attached hydrogen (secondary N) is 1. The van der Waals surface area contributed by atoms with Crippen molar-refractivity contribution < 1.29 is 17.9 Å². The van der Waals surface area contributed by atoms with Crippen molar-refractivity contribution in [3.05, 3.63) is 53.6 Å². The molecule has 7 heteroatoms. The highest BCUT2D eigenvalue weighted by Crippen LogP contribution is 2.39. The van der Waals surface area contributed by atoms with E-state index in [0.29, 0.717) is 6.42 Å². The van der Waals surface area contributed by atoms with Crippen molar-refractivity contribution in [2.45, 2.75) is 43.7 Å². The summed E-state index contributed by atoms with van der Waals surface area (Å²) < 4.78 is 33.2. The van der Waals surface area contributed by atoms with Gasteiger partial charge in [0.25, 0.3) is 0 Å². The smallest absolute Gasteiger partial charge is 0.240 e. The van der Waals surface area contributed by atoms with Crippen LogP contribution < -0.4 is 14.4 Å². The normalized spacial score (nSPS) is 18.8. The van der Waals surface area contributed by atoms with E-state index in [2.05, 4.69) is 4.72 Å². The Bertz CT molecular complexity index is 998. The highest BCUT2D eigenvalue weighted by atomic mass is 32.2. The van der Waals surface area contributed by atoms with Crippen molar-refractivity contribution in [3.63, 3.8) is 0 Å². The van der Waals surface area contributed by atoms with Crippen LogP contribution in [0.4, 0.5) is 5.69 Å². The number of methoxy groups -OCH3 is 1. The van der Waals surface area contributed by atoms with E-state index in [4.69, 9.17) is 4.74 Å². The van der Waals surface area contributed by atoms with Gasteiger partial charge in [-0.2, -0.15) is 0 Å². The number of ether oxygens (including phenoxy) is 1. The summed E-state index contributed by atoms with van der Waals surface area (Å²) in [5, 5.41) is 0. The van der Waals surface area contributed by atoms with Gasteiger partial charge in [-0.05, 0) is 67.6 Å². The monoisotopic (exact) mass is 400 g/mol. The van der Waals surface area contributed by atoms with Crippen LogP contribution in [-0.4, -0.2) is 27.5 Å². The molecule has 0 spiro atoms. The van der Waals surface area contributed by atoms with E-state index in [-0.39, 0.29) is 29.3 Å². The minimum Gasteiger partial charge on any atom is -0.497 e. The van der Waals surface area contributed by atoms with Gasteiger partial charge in [-0.1, -0.05) is 12.1 Å². The lowest BCUT2D eigenvalue weighted by Crippen LogP contribution is -2.36. The molecule has 2 aliphatic rings. The average Bonchev–Trinajstić information content (AvgIpc) is 3.48. The Morgan fingerprint density at radius 2 is 1.89 bits per heavy atom. The number of hydrogen-bond donors (Lipinski definition) is 1. The van der Waals surface area contributed by atoms with Crippen molar-refractivity contribution in [2.24, 2.45) is 5.92 Å². The number of amides is 1. The Balaban J connectivity index is 1.51. The number of carbonyl (C=O) groups excluding carboxylic acids is 1. The quantitative estimate of drug-likeness (QED) is 0.809. The Morgan fingerprint density at radius 3 is 2.54 bits per heavy atom. The lowest BCUT2D eigenvalue weighted by Gasteiger charge is -2.22. The van der Waals surface area contributed by atoms with Crippen LogP contribution in [0.5, 0.6) is 5.75 Å². The van der Waals surface area contributed by atoms with E-state index in [1.807, 2.05) is 24.0 Å². The molecule has 4 rings (SSSR count). The lowest BCUT2D eigenvalue weighted by atomic mass is 10.1. The van der Waals surface area contributed by atoms with Gasteiger partial charge in [-0.25, -0.2) is 13.1 Å². The molecule has 2 aromatic rings. The van der Waals surface area contributed by atoms with E-state index in [9.17, 15) is 13.2 Å². The fraction of sp³-hybridized carbons (Fsp3) is 0.381. The topological polar surface area (TPSA) is 75.7 Å². The molecule has 148 valence electrons. The molecule has 0 radical (unpaired) electrons. The van der Waals surface area contributed by atoms with Crippen molar-refractivity contribution in [2.75, 3.05) is 12.0 Å². The van der Waals surface area contributed by atoms with E-state index < -0.39 is 10.0 Å². The van der Waals surface area contributed by atoms with Gasteiger partial charge in [0.15, 0.2) is 0 Å². The molecule has 1 amide bonds. The second-order valence-corrected chi connectivity index (χ2v) is 9.27. The molecular formula is C21H24N2O4S. The van der Waals surface area contributed by atoms with Gasteiger partial charge in [0.1, 0.15) is 5.75 Å². The first-order valence-electron chi connectivity index (χ1n) is 9.47. The number of nitrogens with zero attached hydrogens (tertiary/aromatic N) is 1. The maximum absolute atomic E-state index is 12.7. The first-order valence-corrected chi connectivity index (χ1v) is 11.0. The third-order valence-corrected chi connectivity index (χ3v) is 6.77. The van der Waals surface area contributed by atoms with Crippen LogP contribution in [0.1, 0.15) is 30.9 Å². The number of hydrogen-bond acceptors (Lipinski definition) is 4. The summed E-state index contributed by atoms with van der Waals surface area (Å²) in [5.41, 5.74) is 2.60. The molecule has 1 aliphatic carbocycles. The van der Waals surface area contributed by atoms with Crippen LogP contribution in [-0.2, 0) is 27.8 Å².